The van der Waals surface area contributed by atoms with Crippen molar-refractivity contribution in [3.05, 3.63) is 64.9 Å². The van der Waals surface area contributed by atoms with Crippen molar-refractivity contribution in [1.29, 1.82) is 0 Å². The van der Waals surface area contributed by atoms with Crippen molar-refractivity contribution in [2.75, 3.05) is 5.75 Å². The van der Waals surface area contributed by atoms with E-state index in [-0.39, 0.29) is 11.5 Å². The SMILES string of the molecule is C=CCn1c(SCC(=O)c2ccc[nH]2)nnc1-c1ccc(Cl)cc1Cl. The van der Waals surface area contributed by atoms with Gasteiger partial charge in [-0.1, -0.05) is 41.0 Å². The number of aromatic nitrogens is 4. The van der Waals surface area contributed by atoms with E-state index in [2.05, 4.69) is 21.8 Å². The van der Waals surface area contributed by atoms with Crippen LogP contribution in [0.15, 0.2) is 54.3 Å². The van der Waals surface area contributed by atoms with Gasteiger partial charge in [0.05, 0.1) is 16.5 Å². The molecule has 2 aromatic heterocycles. The van der Waals surface area contributed by atoms with Crippen LogP contribution < -0.4 is 0 Å². The quantitative estimate of drug-likeness (QED) is 0.358. The van der Waals surface area contributed by atoms with Crippen molar-refractivity contribution in [1.82, 2.24) is 19.7 Å². The number of carbonyl (C=O) groups excluding carboxylic acids is 1. The molecule has 8 heteroatoms. The Balaban J connectivity index is 1.86. The lowest BCUT2D eigenvalue weighted by molar-refractivity contribution is 0.101. The first kappa shape index (κ1) is 17.8. The molecule has 0 aliphatic heterocycles. The highest BCUT2D eigenvalue weighted by Crippen LogP contribution is 2.31. The second kappa shape index (κ2) is 7.91. The molecule has 2 heterocycles. The van der Waals surface area contributed by atoms with Crippen LogP contribution in [0.3, 0.4) is 0 Å². The fourth-order valence-electron chi connectivity index (χ4n) is 2.27. The first-order valence-corrected chi connectivity index (χ1v) is 9.13. The normalized spacial score (nSPS) is 10.8. The van der Waals surface area contributed by atoms with Gasteiger partial charge in [-0.25, -0.2) is 0 Å². The number of aromatic amines is 1. The number of carbonyl (C=O) groups is 1. The molecule has 0 aliphatic rings. The number of hydrogen-bond donors (Lipinski definition) is 1. The number of thioether (sulfide) groups is 1. The van der Waals surface area contributed by atoms with Gasteiger partial charge in [0, 0.05) is 23.3 Å². The second-order valence-corrected chi connectivity index (χ2v) is 6.91. The molecule has 25 heavy (non-hydrogen) atoms. The predicted octanol–water partition coefficient (Wildman–Crippen LogP) is 4.74. The van der Waals surface area contributed by atoms with Gasteiger partial charge in [0.2, 0.25) is 0 Å². The number of hydrogen-bond acceptors (Lipinski definition) is 4. The van der Waals surface area contributed by atoms with Crippen molar-refractivity contribution in [3.63, 3.8) is 0 Å². The Kier molecular flexibility index (Phi) is 5.63. The van der Waals surface area contributed by atoms with Crippen LogP contribution in [0.5, 0.6) is 0 Å². The van der Waals surface area contributed by atoms with Crippen LogP contribution in [0, 0.1) is 0 Å². The van der Waals surface area contributed by atoms with Gasteiger partial charge in [-0.05, 0) is 30.3 Å². The summed E-state index contributed by atoms with van der Waals surface area (Å²) in [6.07, 6.45) is 3.46. The fraction of sp³-hybridized carbons (Fsp3) is 0.118. The Morgan fingerprint density at radius 1 is 1.32 bits per heavy atom. The zero-order chi connectivity index (χ0) is 17.8. The largest absolute Gasteiger partial charge is 0.359 e. The molecule has 0 aliphatic carbocycles. The van der Waals surface area contributed by atoms with Crippen molar-refractivity contribution in [2.45, 2.75) is 11.7 Å². The average molecular weight is 393 g/mol. The van der Waals surface area contributed by atoms with Gasteiger partial charge in [0.15, 0.2) is 16.8 Å². The van der Waals surface area contributed by atoms with E-state index in [0.717, 1.165) is 5.56 Å². The molecule has 0 saturated carbocycles. The smallest absolute Gasteiger partial charge is 0.192 e. The maximum absolute atomic E-state index is 12.2. The van der Waals surface area contributed by atoms with Crippen molar-refractivity contribution >= 4 is 40.7 Å². The Morgan fingerprint density at radius 3 is 2.84 bits per heavy atom. The summed E-state index contributed by atoms with van der Waals surface area (Å²) in [5.74, 6) is 0.857. The number of Topliss-reactive ketones (excluding diaryl/α,β-unsaturated/α-hetero) is 1. The summed E-state index contributed by atoms with van der Waals surface area (Å²) < 4.78 is 1.87. The zero-order valence-electron chi connectivity index (χ0n) is 13.1. The number of benzene rings is 1. The number of ketones is 1. The summed E-state index contributed by atoms with van der Waals surface area (Å²) in [5.41, 5.74) is 1.30. The first-order chi connectivity index (χ1) is 12.1. The Hall–Kier alpha value is -2.02. The minimum absolute atomic E-state index is 0.00534. The highest BCUT2D eigenvalue weighted by atomic mass is 35.5. The molecule has 3 rings (SSSR count). The molecule has 0 bridgehead atoms. The molecule has 0 spiro atoms. The Bertz CT molecular complexity index is 906. The number of nitrogens with one attached hydrogen (secondary N) is 1. The minimum Gasteiger partial charge on any atom is -0.359 e. The first-order valence-electron chi connectivity index (χ1n) is 7.39. The number of allylic oxidation sites excluding steroid dienone is 1. The third-order valence-electron chi connectivity index (χ3n) is 3.43. The lowest BCUT2D eigenvalue weighted by Crippen LogP contribution is -2.05. The summed E-state index contributed by atoms with van der Waals surface area (Å²) in [7, 11) is 0. The molecular formula is C17H14Cl2N4OS. The number of halogens is 2. The summed E-state index contributed by atoms with van der Waals surface area (Å²) in [4.78, 5) is 15.1. The van der Waals surface area contributed by atoms with Crippen LogP contribution in [0.1, 0.15) is 10.5 Å². The number of H-pyrrole nitrogens is 1. The second-order valence-electron chi connectivity index (χ2n) is 5.13. The monoisotopic (exact) mass is 392 g/mol. The maximum atomic E-state index is 12.2. The van der Waals surface area contributed by atoms with E-state index in [9.17, 15) is 4.79 Å². The Labute approximate surface area is 159 Å². The fourth-order valence-corrected chi connectivity index (χ4v) is 3.59. The molecular weight excluding hydrogens is 379 g/mol. The highest BCUT2D eigenvalue weighted by molar-refractivity contribution is 7.99. The predicted molar refractivity (Wildman–Crippen MR) is 102 cm³/mol. The van der Waals surface area contributed by atoms with Crippen LogP contribution in [-0.4, -0.2) is 31.3 Å². The summed E-state index contributed by atoms with van der Waals surface area (Å²) >= 11 is 13.6. The van der Waals surface area contributed by atoms with Crippen LogP contribution >= 0.6 is 35.0 Å². The molecule has 0 unspecified atom stereocenters. The summed E-state index contributed by atoms with van der Waals surface area (Å²) in [6, 6.07) is 8.74. The van der Waals surface area contributed by atoms with Gasteiger partial charge in [0.25, 0.3) is 0 Å². The van der Waals surface area contributed by atoms with E-state index in [4.69, 9.17) is 23.2 Å². The van der Waals surface area contributed by atoms with Gasteiger partial charge in [-0.2, -0.15) is 0 Å². The van der Waals surface area contributed by atoms with Crippen LogP contribution in [0.2, 0.25) is 10.0 Å². The molecule has 0 atom stereocenters. The summed E-state index contributed by atoms with van der Waals surface area (Å²) in [5, 5.41) is 10.1. The van der Waals surface area contributed by atoms with Crippen LogP contribution in [0.25, 0.3) is 11.4 Å². The van der Waals surface area contributed by atoms with Crippen LogP contribution in [0.4, 0.5) is 0 Å². The molecule has 3 aromatic rings. The molecule has 0 saturated heterocycles. The van der Waals surface area contributed by atoms with Crippen molar-refractivity contribution in [2.24, 2.45) is 0 Å². The lowest BCUT2D eigenvalue weighted by Gasteiger charge is -2.09. The molecule has 5 nitrogen and oxygen atoms in total. The minimum atomic E-state index is -0.00534. The van der Waals surface area contributed by atoms with Gasteiger partial charge in [-0.3, -0.25) is 9.36 Å². The van der Waals surface area contributed by atoms with E-state index >= 15 is 0 Å². The standard InChI is InChI=1S/C17H14Cl2N4OS/c1-2-8-23-16(12-6-5-11(18)9-13(12)19)21-22-17(23)25-10-15(24)14-4-3-7-20-14/h2-7,9,20H,1,8,10H2. The van der Waals surface area contributed by atoms with E-state index in [0.29, 0.717) is 33.3 Å². The molecule has 128 valence electrons. The Morgan fingerprint density at radius 2 is 2.16 bits per heavy atom. The molecule has 1 aromatic carbocycles. The van der Waals surface area contributed by atoms with Crippen LogP contribution in [-0.2, 0) is 6.54 Å². The van der Waals surface area contributed by atoms with Gasteiger partial charge >= 0.3 is 0 Å². The van der Waals surface area contributed by atoms with Gasteiger partial charge in [0.1, 0.15) is 0 Å². The topological polar surface area (TPSA) is 63.6 Å². The van der Waals surface area contributed by atoms with Gasteiger partial charge < -0.3 is 4.98 Å². The van der Waals surface area contributed by atoms with Crippen molar-refractivity contribution < 1.29 is 4.79 Å². The number of rotatable bonds is 7. The van der Waals surface area contributed by atoms with E-state index in [1.807, 2.05) is 4.57 Å². The van der Waals surface area contributed by atoms with E-state index in [1.54, 1.807) is 42.6 Å². The molecule has 0 radical (unpaired) electrons. The molecule has 0 amide bonds. The third kappa shape index (κ3) is 3.98. The molecule has 1 N–H and O–H groups in total. The third-order valence-corrected chi connectivity index (χ3v) is 4.95. The van der Waals surface area contributed by atoms with E-state index in [1.165, 1.54) is 11.8 Å². The average Bonchev–Trinajstić information content (AvgIpc) is 3.24. The van der Waals surface area contributed by atoms with Crippen molar-refractivity contribution in [3.8, 4) is 11.4 Å². The zero-order valence-corrected chi connectivity index (χ0v) is 15.4. The lowest BCUT2D eigenvalue weighted by atomic mass is 10.2. The molecule has 0 fully saturated rings. The maximum Gasteiger partial charge on any atom is 0.192 e. The highest BCUT2D eigenvalue weighted by Gasteiger charge is 2.17. The van der Waals surface area contributed by atoms with Gasteiger partial charge in [-0.15, -0.1) is 16.8 Å². The van der Waals surface area contributed by atoms with E-state index < -0.39 is 0 Å². The number of nitrogens with zero attached hydrogens (tertiary/aromatic N) is 3. The summed E-state index contributed by atoms with van der Waals surface area (Å²) in [6.45, 7) is 4.27.